The van der Waals surface area contributed by atoms with E-state index in [1.54, 1.807) is 6.07 Å². The number of nitrogens with two attached hydrogens (primary N) is 1. The molecule has 0 heterocycles. The average Bonchev–Trinajstić information content (AvgIpc) is 2.15. The number of methoxy groups -OCH3 is 1. The lowest BCUT2D eigenvalue weighted by molar-refractivity contribution is -0.149. The fourth-order valence-electron chi connectivity index (χ4n) is 1.02. The molecule has 0 aromatic heterocycles. The molecule has 5 heteroatoms. The lowest BCUT2D eigenvalue weighted by Gasteiger charge is -2.16. The van der Waals surface area contributed by atoms with Crippen molar-refractivity contribution in [1.29, 1.82) is 0 Å². The summed E-state index contributed by atoms with van der Waals surface area (Å²) in [6, 6.07) is 3.67. The maximum absolute atomic E-state index is 12.2. The molecule has 0 amide bonds. The van der Waals surface area contributed by atoms with Gasteiger partial charge in [0.15, 0.2) is 0 Å². The van der Waals surface area contributed by atoms with Gasteiger partial charge in [0.2, 0.25) is 0 Å². The van der Waals surface area contributed by atoms with Gasteiger partial charge >= 0.3 is 6.18 Å². The van der Waals surface area contributed by atoms with Crippen LogP contribution in [0.5, 0.6) is 5.75 Å². The summed E-state index contributed by atoms with van der Waals surface area (Å²) in [6.07, 6.45) is -4.42. The molecule has 0 bridgehead atoms. The van der Waals surface area contributed by atoms with Crippen LogP contribution in [0, 0.1) is 0 Å². The summed E-state index contributed by atoms with van der Waals surface area (Å²) < 4.78 is 41.4. The zero-order valence-electron chi connectivity index (χ0n) is 7.51. The van der Waals surface area contributed by atoms with Crippen LogP contribution < -0.4 is 10.5 Å². The Morgan fingerprint density at radius 2 is 2.00 bits per heavy atom. The molecule has 0 saturated carbocycles. The van der Waals surface area contributed by atoms with E-state index in [1.165, 1.54) is 25.3 Å². The van der Waals surface area contributed by atoms with Crippen LogP contribution in [0.15, 0.2) is 24.3 Å². The molecule has 0 unspecified atom stereocenters. The molecule has 0 aliphatic rings. The Hall–Kier alpha value is -1.23. The highest BCUT2D eigenvalue weighted by Crippen LogP contribution is 2.31. The Bertz CT molecular complexity index is 311. The Morgan fingerprint density at radius 1 is 1.36 bits per heavy atom. The fraction of sp³-hybridized carbons (Fsp3) is 0.333. The van der Waals surface area contributed by atoms with Crippen molar-refractivity contribution in [3.8, 4) is 5.75 Å². The van der Waals surface area contributed by atoms with Crippen LogP contribution in [0.2, 0.25) is 0 Å². The molecule has 78 valence electrons. The highest BCUT2D eigenvalue weighted by Gasteiger charge is 2.37. The molecule has 0 radical (unpaired) electrons. The molecule has 1 rings (SSSR count). The lowest BCUT2D eigenvalue weighted by Crippen LogP contribution is -2.28. The molecular formula is C9H10F3NO. The fourth-order valence-corrected chi connectivity index (χ4v) is 1.02. The Balaban J connectivity index is 2.95. The number of halogens is 3. The van der Waals surface area contributed by atoms with Gasteiger partial charge in [-0.25, -0.2) is 0 Å². The molecule has 0 spiro atoms. The van der Waals surface area contributed by atoms with Gasteiger partial charge in [-0.1, -0.05) is 12.1 Å². The van der Waals surface area contributed by atoms with E-state index in [4.69, 9.17) is 10.5 Å². The van der Waals surface area contributed by atoms with Gasteiger partial charge in [0.05, 0.1) is 7.11 Å². The first-order chi connectivity index (χ1) is 6.45. The first-order valence-corrected chi connectivity index (χ1v) is 3.91. The van der Waals surface area contributed by atoms with Crippen molar-refractivity contribution >= 4 is 0 Å². The van der Waals surface area contributed by atoms with Gasteiger partial charge in [0.25, 0.3) is 0 Å². The third kappa shape index (κ3) is 2.38. The van der Waals surface area contributed by atoms with Crippen molar-refractivity contribution in [2.24, 2.45) is 5.73 Å². The number of hydrogen-bond donors (Lipinski definition) is 1. The van der Waals surface area contributed by atoms with Gasteiger partial charge in [-0.15, -0.1) is 0 Å². The Morgan fingerprint density at radius 3 is 2.50 bits per heavy atom. The SMILES string of the molecule is COc1cccc([C@H](N)C(F)(F)F)c1. The predicted octanol–water partition coefficient (Wildman–Crippen LogP) is 2.26. The quantitative estimate of drug-likeness (QED) is 0.803. The second-order valence-corrected chi connectivity index (χ2v) is 2.80. The lowest BCUT2D eigenvalue weighted by atomic mass is 10.1. The summed E-state index contributed by atoms with van der Waals surface area (Å²) in [5.41, 5.74) is 5.01. The second kappa shape index (κ2) is 3.88. The van der Waals surface area contributed by atoms with Crippen LogP contribution in [0.25, 0.3) is 0 Å². The highest BCUT2D eigenvalue weighted by molar-refractivity contribution is 5.30. The normalized spacial score (nSPS) is 13.8. The number of ether oxygens (including phenoxy) is 1. The first kappa shape index (κ1) is 10.8. The van der Waals surface area contributed by atoms with E-state index in [0.29, 0.717) is 5.75 Å². The molecular weight excluding hydrogens is 195 g/mol. The highest BCUT2D eigenvalue weighted by atomic mass is 19.4. The van der Waals surface area contributed by atoms with Crippen LogP contribution >= 0.6 is 0 Å². The maximum atomic E-state index is 12.2. The summed E-state index contributed by atoms with van der Waals surface area (Å²) >= 11 is 0. The van der Waals surface area contributed by atoms with Crippen molar-refractivity contribution in [3.05, 3.63) is 29.8 Å². The summed E-state index contributed by atoms with van der Waals surface area (Å²) in [7, 11) is 1.39. The molecule has 14 heavy (non-hydrogen) atoms. The number of rotatable bonds is 2. The van der Waals surface area contributed by atoms with Crippen molar-refractivity contribution in [2.45, 2.75) is 12.2 Å². The van der Waals surface area contributed by atoms with Gasteiger partial charge in [-0.05, 0) is 17.7 Å². The molecule has 2 N–H and O–H groups in total. The third-order valence-corrected chi connectivity index (χ3v) is 1.81. The zero-order chi connectivity index (χ0) is 10.8. The molecule has 0 fully saturated rings. The summed E-state index contributed by atoms with van der Waals surface area (Å²) in [4.78, 5) is 0. The topological polar surface area (TPSA) is 35.2 Å². The third-order valence-electron chi connectivity index (χ3n) is 1.81. The largest absolute Gasteiger partial charge is 0.497 e. The van der Waals surface area contributed by atoms with Gasteiger partial charge in [-0.2, -0.15) is 13.2 Å². The molecule has 1 aromatic rings. The minimum Gasteiger partial charge on any atom is -0.497 e. The van der Waals surface area contributed by atoms with Gasteiger partial charge in [0, 0.05) is 0 Å². The standard InChI is InChI=1S/C9H10F3NO/c1-14-7-4-2-3-6(5-7)8(13)9(10,11)12/h2-5,8H,13H2,1H3/t8-/m0/s1. The van der Waals surface area contributed by atoms with E-state index in [0.717, 1.165) is 0 Å². The van der Waals surface area contributed by atoms with E-state index in [-0.39, 0.29) is 5.56 Å². The average molecular weight is 205 g/mol. The van der Waals surface area contributed by atoms with Gasteiger partial charge < -0.3 is 10.5 Å². The second-order valence-electron chi connectivity index (χ2n) is 2.80. The molecule has 1 aromatic carbocycles. The molecule has 0 saturated heterocycles. The smallest absolute Gasteiger partial charge is 0.407 e. The van der Waals surface area contributed by atoms with Crippen LogP contribution in [0.4, 0.5) is 13.2 Å². The van der Waals surface area contributed by atoms with E-state index in [1.807, 2.05) is 0 Å². The zero-order valence-corrected chi connectivity index (χ0v) is 7.51. The number of hydrogen-bond acceptors (Lipinski definition) is 2. The monoisotopic (exact) mass is 205 g/mol. The van der Waals surface area contributed by atoms with E-state index in [2.05, 4.69) is 0 Å². The summed E-state index contributed by atoms with van der Waals surface area (Å²) in [5.74, 6) is 0.363. The minimum atomic E-state index is -4.42. The Labute approximate surface area is 79.5 Å². The predicted molar refractivity (Wildman–Crippen MR) is 46.0 cm³/mol. The summed E-state index contributed by atoms with van der Waals surface area (Å²) in [5, 5.41) is 0. The van der Waals surface area contributed by atoms with Crippen LogP contribution in [0.3, 0.4) is 0 Å². The minimum absolute atomic E-state index is 0.00292. The van der Waals surface area contributed by atoms with E-state index in [9.17, 15) is 13.2 Å². The summed E-state index contributed by atoms with van der Waals surface area (Å²) in [6.45, 7) is 0. The van der Waals surface area contributed by atoms with Crippen molar-refractivity contribution in [3.63, 3.8) is 0 Å². The maximum Gasteiger partial charge on any atom is 0.407 e. The van der Waals surface area contributed by atoms with E-state index < -0.39 is 12.2 Å². The van der Waals surface area contributed by atoms with Crippen molar-refractivity contribution in [2.75, 3.05) is 7.11 Å². The molecule has 2 nitrogen and oxygen atoms in total. The van der Waals surface area contributed by atoms with Crippen molar-refractivity contribution < 1.29 is 17.9 Å². The van der Waals surface area contributed by atoms with Gasteiger partial charge in [-0.3, -0.25) is 0 Å². The van der Waals surface area contributed by atoms with Crippen LogP contribution in [0.1, 0.15) is 11.6 Å². The van der Waals surface area contributed by atoms with Gasteiger partial charge in [0.1, 0.15) is 11.8 Å². The molecule has 0 aliphatic heterocycles. The van der Waals surface area contributed by atoms with Crippen molar-refractivity contribution in [1.82, 2.24) is 0 Å². The molecule has 0 aliphatic carbocycles. The number of benzene rings is 1. The van der Waals surface area contributed by atoms with Crippen LogP contribution in [-0.2, 0) is 0 Å². The number of alkyl halides is 3. The Kier molecular flexibility index (Phi) is 3.00. The molecule has 1 atom stereocenters. The van der Waals surface area contributed by atoms with E-state index >= 15 is 0 Å². The first-order valence-electron chi connectivity index (χ1n) is 3.91. The van der Waals surface area contributed by atoms with Crippen LogP contribution in [-0.4, -0.2) is 13.3 Å².